The molecule has 0 atom stereocenters. The largest absolute Gasteiger partial charge is 0.419 e. The molecule has 1 aliphatic rings. The van der Waals surface area contributed by atoms with Crippen LogP contribution < -0.4 is 4.90 Å². The van der Waals surface area contributed by atoms with Crippen LogP contribution in [0.1, 0.15) is 31.8 Å². The first-order valence-corrected chi connectivity index (χ1v) is 6.55. The fraction of sp³-hybridized carbons (Fsp3) is 0.0625. The number of hydrogen-bond donors (Lipinski definition) is 0. The Morgan fingerprint density at radius 3 is 1.96 bits per heavy atom. The second-order valence-electron chi connectivity index (χ2n) is 4.92. The number of carbonyl (C=O) groups is 2. The molecule has 1 heterocycles. The monoisotopic (exact) mass is 334 g/mol. The van der Waals surface area contributed by atoms with Crippen molar-refractivity contribution in [1.29, 1.82) is 5.26 Å². The van der Waals surface area contributed by atoms with Crippen LogP contribution in [-0.2, 0) is 6.18 Å². The number of amides is 2. The van der Waals surface area contributed by atoms with E-state index in [9.17, 15) is 27.2 Å². The molecule has 0 fully saturated rings. The molecule has 0 spiro atoms. The predicted molar refractivity (Wildman–Crippen MR) is 73.7 cm³/mol. The van der Waals surface area contributed by atoms with Crippen molar-refractivity contribution in [2.45, 2.75) is 6.18 Å². The molecular weight excluding hydrogens is 328 g/mol. The molecular formula is C16H6F4N2O2. The molecule has 3 rings (SSSR count). The van der Waals surface area contributed by atoms with Crippen LogP contribution in [0.2, 0.25) is 0 Å². The highest BCUT2D eigenvalue weighted by molar-refractivity contribution is 6.34. The number of hydrogen-bond acceptors (Lipinski definition) is 3. The van der Waals surface area contributed by atoms with E-state index in [-0.39, 0.29) is 16.0 Å². The van der Waals surface area contributed by atoms with Gasteiger partial charge in [-0.25, -0.2) is 9.29 Å². The van der Waals surface area contributed by atoms with Gasteiger partial charge in [0.2, 0.25) is 0 Å². The van der Waals surface area contributed by atoms with E-state index in [0.717, 1.165) is 6.07 Å². The number of halogens is 4. The molecule has 0 radical (unpaired) electrons. The molecule has 0 unspecified atom stereocenters. The van der Waals surface area contributed by atoms with Crippen molar-refractivity contribution in [3.8, 4) is 6.07 Å². The van der Waals surface area contributed by atoms with Gasteiger partial charge in [-0.05, 0) is 24.3 Å². The van der Waals surface area contributed by atoms with E-state index in [0.29, 0.717) is 6.07 Å². The number of fused-ring (bicyclic) bond motifs is 1. The Kier molecular flexibility index (Phi) is 3.37. The summed E-state index contributed by atoms with van der Waals surface area (Å²) < 4.78 is 53.1. The fourth-order valence-corrected chi connectivity index (χ4v) is 2.48. The van der Waals surface area contributed by atoms with Gasteiger partial charge in [0.15, 0.2) is 5.82 Å². The number of anilines is 1. The van der Waals surface area contributed by atoms with Crippen molar-refractivity contribution < 1.29 is 27.2 Å². The maximum atomic E-state index is 14.4. The molecule has 1 aliphatic heterocycles. The van der Waals surface area contributed by atoms with E-state index in [1.807, 2.05) is 0 Å². The van der Waals surface area contributed by atoms with Gasteiger partial charge >= 0.3 is 6.18 Å². The van der Waals surface area contributed by atoms with E-state index in [1.165, 1.54) is 30.3 Å². The summed E-state index contributed by atoms with van der Waals surface area (Å²) in [6, 6.07) is 8.15. The number of nitrogens with zero attached hydrogens (tertiary/aromatic N) is 2. The Morgan fingerprint density at radius 1 is 0.958 bits per heavy atom. The van der Waals surface area contributed by atoms with Crippen molar-refractivity contribution in [2.24, 2.45) is 0 Å². The Morgan fingerprint density at radius 2 is 1.50 bits per heavy atom. The van der Waals surface area contributed by atoms with Gasteiger partial charge in [0.25, 0.3) is 11.8 Å². The zero-order chi connectivity index (χ0) is 17.6. The lowest BCUT2D eigenvalue weighted by molar-refractivity contribution is -0.139. The second-order valence-corrected chi connectivity index (χ2v) is 4.92. The van der Waals surface area contributed by atoms with Gasteiger partial charge in [-0.3, -0.25) is 9.59 Å². The molecule has 0 aromatic heterocycles. The average molecular weight is 334 g/mol. The minimum Gasteiger partial charge on any atom is -0.268 e. The van der Waals surface area contributed by atoms with E-state index >= 15 is 0 Å². The summed E-state index contributed by atoms with van der Waals surface area (Å²) in [5, 5.41) is 9.04. The van der Waals surface area contributed by atoms with Crippen molar-refractivity contribution in [2.75, 3.05) is 4.90 Å². The van der Waals surface area contributed by atoms with Gasteiger partial charge in [0.05, 0.1) is 22.3 Å². The van der Waals surface area contributed by atoms with E-state index < -0.39 is 40.6 Å². The third-order valence-corrected chi connectivity index (χ3v) is 3.56. The molecule has 24 heavy (non-hydrogen) atoms. The summed E-state index contributed by atoms with van der Waals surface area (Å²) in [6.45, 7) is 0. The van der Waals surface area contributed by atoms with Gasteiger partial charge in [-0.2, -0.15) is 18.4 Å². The van der Waals surface area contributed by atoms with E-state index in [1.54, 1.807) is 0 Å². The average Bonchev–Trinajstić information content (AvgIpc) is 2.78. The van der Waals surface area contributed by atoms with Crippen LogP contribution in [0.3, 0.4) is 0 Å². The number of nitriles is 1. The predicted octanol–water partition coefficient (Wildman–Crippen LogP) is 3.52. The molecule has 0 N–H and O–H groups in total. The molecule has 0 saturated heterocycles. The Labute approximate surface area is 132 Å². The number of imide groups is 1. The maximum Gasteiger partial charge on any atom is 0.419 e. The summed E-state index contributed by atoms with van der Waals surface area (Å²) in [5.41, 5.74) is -3.33. The molecule has 120 valence electrons. The van der Waals surface area contributed by atoms with Crippen LogP contribution in [0.4, 0.5) is 23.2 Å². The number of alkyl halides is 3. The van der Waals surface area contributed by atoms with E-state index in [2.05, 4.69) is 0 Å². The SMILES string of the molecule is N#Cc1ccc(C(F)(F)F)c(F)c1N1C(=O)c2ccccc2C1=O. The van der Waals surface area contributed by atoms with Gasteiger partial charge in [0.1, 0.15) is 11.8 Å². The lowest BCUT2D eigenvalue weighted by Gasteiger charge is -2.19. The van der Waals surface area contributed by atoms with Gasteiger partial charge in [0, 0.05) is 0 Å². The second kappa shape index (κ2) is 5.16. The van der Waals surface area contributed by atoms with Crippen LogP contribution in [0.5, 0.6) is 0 Å². The van der Waals surface area contributed by atoms with Crippen molar-refractivity contribution in [3.05, 3.63) is 64.5 Å². The Bertz CT molecular complexity index is 894. The molecule has 4 nitrogen and oxygen atoms in total. The standard InChI is InChI=1S/C16H6F4N2O2/c17-12-11(16(18,19)20)6-5-8(7-21)13(12)22-14(23)9-3-1-2-4-10(9)15(22)24/h1-6H. The highest BCUT2D eigenvalue weighted by atomic mass is 19.4. The molecule has 8 heteroatoms. The third-order valence-electron chi connectivity index (χ3n) is 3.56. The first kappa shape index (κ1) is 15.7. The van der Waals surface area contributed by atoms with Crippen LogP contribution in [0.15, 0.2) is 36.4 Å². The number of benzene rings is 2. The van der Waals surface area contributed by atoms with Gasteiger partial charge < -0.3 is 0 Å². The summed E-state index contributed by atoms with van der Waals surface area (Å²) in [5.74, 6) is -3.80. The number of rotatable bonds is 1. The molecule has 2 aromatic rings. The quantitative estimate of drug-likeness (QED) is 0.592. The van der Waals surface area contributed by atoms with Crippen LogP contribution in [0, 0.1) is 17.1 Å². The van der Waals surface area contributed by atoms with Gasteiger partial charge in [-0.15, -0.1) is 0 Å². The smallest absolute Gasteiger partial charge is 0.268 e. The molecule has 2 amide bonds. The minimum absolute atomic E-state index is 0.0665. The topological polar surface area (TPSA) is 61.2 Å². The third kappa shape index (κ3) is 2.13. The van der Waals surface area contributed by atoms with Crippen LogP contribution in [0.25, 0.3) is 0 Å². The highest BCUT2D eigenvalue weighted by Gasteiger charge is 2.42. The highest BCUT2D eigenvalue weighted by Crippen LogP contribution is 2.39. The summed E-state index contributed by atoms with van der Waals surface area (Å²) in [6.07, 6.45) is -5.04. The number of carbonyl (C=O) groups excluding carboxylic acids is 2. The van der Waals surface area contributed by atoms with Crippen molar-refractivity contribution in [1.82, 2.24) is 0 Å². The van der Waals surface area contributed by atoms with Crippen LogP contribution >= 0.6 is 0 Å². The maximum absolute atomic E-state index is 14.4. The zero-order valence-electron chi connectivity index (χ0n) is 11.7. The van der Waals surface area contributed by atoms with Crippen LogP contribution in [-0.4, -0.2) is 11.8 Å². The Balaban J connectivity index is 2.26. The van der Waals surface area contributed by atoms with Crippen molar-refractivity contribution >= 4 is 17.5 Å². The summed E-state index contributed by atoms with van der Waals surface area (Å²) in [4.78, 5) is 24.9. The lowest BCUT2D eigenvalue weighted by atomic mass is 10.1. The van der Waals surface area contributed by atoms with Crippen molar-refractivity contribution in [3.63, 3.8) is 0 Å². The lowest BCUT2D eigenvalue weighted by Crippen LogP contribution is -2.31. The van der Waals surface area contributed by atoms with Gasteiger partial charge in [-0.1, -0.05) is 12.1 Å². The molecule has 0 bridgehead atoms. The Hall–Kier alpha value is -3.21. The minimum atomic E-state index is -5.04. The first-order valence-electron chi connectivity index (χ1n) is 6.55. The fourth-order valence-electron chi connectivity index (χ4n) is 2.48. The zero-order valence-corrected chi connectivity index (χ0v) is 11.7. The molecule has 2 aromatic carbocycles. The summed E-state index contributed by atoms with van der Waals surface area (Å²) >= 11 is 0. The molecule has 0 saturated carbocycles. The van der Waals surface area contributed by atoms with E-state index in [4.69, 9.17) is 5.26 Å². The first-order chi connectivity index (χ1) is 11.3. The summed E-state index contributed by atoms with van der Waals surface area (Å²) in [7, 11) is 0. The normalized spacial score (nSPS) is 13.9. The molecule has 0 aliphatic carbocycles.